The van der Waals surface area contributed by atoms with Crippen molar-refractivity contribution in [3.63, 3.8) is 0 Å². The lowest BCUT2D eigenvalue weighted by Gasteiger charge is -2.12. The van der Waals surface area contributed by atoms with E-state index in [-0.39, 0.29) is 5.69 Å². The number of amides is 1. The SMILES string of the molecule is COC(=O)c1cccc(NC(=O)c2cc(C)nc(Nc3cccc(C)c3C)n2)c1. The Bertz CT molecular complexity index is 1080. The molecule has 1 aromatic heterocycles. The molecule has 7 nitrogen and oxygen atoms in total. The average Bonchev–Trinajstić information content (AvgIpc) is 2.70. The Balaban J connectivity index is 1.83. The van der Waals surface area contributed by atoms with Crippen LogP contribution in [-0.4, -0.2) is 29.0 Å². The van der Waals surface area contributed by atoms with Gasteiger partial charge in [0.2, 0.25) is 5.95 Å². The van der Waals surface area contributed by atoms with Gasteiger partial charge in [-0.05, 0) is 62.2 Å². The van der Waals surface area contributed by atoms with E-state index in [0.717, 1.165) is 16.8 Å². The van der Waals surface area contributed by atoms with Crippen molar-refractivity contribution >= 4 is 29.2 Å². The van der Waals surface area contributed by atoms with E-state index in [2.05, 4.69) is 20.6 Å². The number of carbonyl (C=O) groups is 2. The summed E-state index contributed by atoms with van der Waals surface area (Å²) in [5, 5.41) is 5.93. The van der Waals surface area contributed by atoms with Crippen LogP contribution in [0.2, 0.25) is 0 Å². The number of aryl methyl sites for hydroxylation is 2. The van der Waals surface area contributed by atoms with Crippen molar-refractivity contribution in [2.24, 2.45) is 0 Å². The van der Waals surface area contributed by atoms with Gasteiger partial charge in [0.15, 0.2) is 0 Å². The fourth-order valence-electron chi connectivity index (χ4n) is 2.78. The van der Waals surface area contributed by atoms with Crippen LogP contribution in [0.25, 0.3) is 0 Å². The molecular weight excluding hydrogens is 368 g/mol. The van der Waals surface area contributed by atoms with Gasteiger partial charge in [0.05, 0.1) is 12.7 Å². The van der Waals surface area contributed by atoms with Crippen molar-refractivity contribution in [2.45, 2.75) is 20.8 Å². The van der Waals surface area contributed by atoms with Gasteiger partial charge < -0.3 is 15.4 Å². The van der Waals surface area contributed by atoms with Crippen molar-refractivity contribution in [1.82, 2.24) is 9.97 Å². The summed E-state index contributed by atoms with van der Waals surface area (Å²) in [7, 11) is 1.31. The molecule has 0 saturated carbocycles. The minimum atomic E-state index is -0.473. The van der Waals surface area contributed by atoms with Crippen molar-refractivity contribution < 1.29 is 14.3 Å². The first kappa shape index (κ1) is 20.0. The summed E-state index contributed by atoms with van der Waals surface area (Å²) in [6.07, 6.45) is 0. The van der Waals surface area contributed by atoms with Crippen LogP contribution in [0.5, 0.6) is 0 Å². The number of benzene rings is 2. The van der Waals surface area contributed by atoms with E-state index >= 15 is 0 Å². The maximum Gasteiger partial charge on any atom is 0.337 e. The number of esters is 1. The van der Waals surface area contributed by atoms with Gasteiger partial charge in [-0.2, -0.15) is 0 Å². The molecule has 0 aliphatic rings. The molecule has 3 aromatic rings. The topological polar surface area (TPSA) is 93.2 Å². The Morgan fingerprint density at radius 2 is 1.72 bits per heavy atom. The molecule has 0 spiro atoms. The maximum atomic E-state index is 12.7. The third kappa shape index (κ3) is 4.76. The second-order valence-electron chi connectivity index (χ2n) is 6.62. The number of anilines is 3. The van der Waals surface area contributed by atoms with Crippen LogP contribution in [0, 0.1) is 20.8 Å². The number of aromatic nitrogens is 2. The monoisotopic (exact) mass is 390 g/mol. The number of hydrogen-bond donors (Lipinski definition) is 2. The van der Waals surface area contributed by atoms with Crippen LogP contribution in [0.4, 0.5) is 17.3 Å². The van der Waals surface area contributed by atoms with Crippen LogP contribution in [0.15, 0.2) is 48.5 Å². The van der Waals surface area contributed by atoms with E-state index in [0.29, 0.717) is 22.9 Å². The number of hydrogen-bond acceptors (Lipinski definition) is 6. The zero-order valence-corrected chi connectivity index (χ0v) is 16.7. The van der Waals surface area contributed by atoms with E-state index in [1.54, 1.807) is 37.3 Å². The highest BCUT2D eigenvalue weighted by molar-refractivity contribution is 6.03. The molecule has 7 heteroatoms. The first-order valence-electron chi connectivity index (χ1n) is 9.06. The molecule has 2 aromatic carbocycles. The summed E-state index contributed by atoms with van der Waals surface area (Å²) >= 11 is 0. The molecule has 0 radical (unpaired) electrons. The molecule has 0 fully saturated rings. The third-order valence-corrected chi connectivity index (χ3v) is 4.48. The van der Waals surface area contributed by atoms with Crippen LogP contribution >= 0.6 is 0 Å². The number of nitrogens with zero attached hydrogens (tertiary/aromatic N) is 2. The quantitative estimate of drug-likeness (QED) is 0.635. The van der Waals surface area contributed by atoms with Crippen molar-refractivity contribution in [1.29, 1.82) is 0 Å². The fourth-order valence-corrected chi connectivity index (χ4v) is 2.78. The second kappa shape index (κ2) is 8.52. The molecule has 1 amide bonds. The van der Waals surface area contributed by atoms with Crippen molar-refractivity contribution in [3.05, 3.63) is 76.6 Å². The van der Waals surface area contributed by atoms with Gasteiger partial charge in [0.25, 0.3) is 5.91 Å². The second-order valence-corrected chi connectivity index (χ2v) is 6.62. The van der Waals surface area contributed by atoms with Crippen LogP contribution in [-0.2, 0) is 4.74 Å². The van der Waals surface area contributed by atoms with Gasteiger partial charge >= 0.3 is 5.97 Å². The molecule has 29 heavy (non-hydrogen) atoms. The highest BCUT2D eigenvalue weighted by atomic mass is 16.5. The molecule has 0 aliphatic carbocycles. The summed E-state index contributed by atoms with van der Waals surface area (Å²) < 4.78 is 4.71. The Labute approximate surface area is 169 Å². The third-order valence-electron chi connectivity index (χ3n) is 4.48. The lowest BCUT2D eigenvalue weighted by atomic mass is 10.1. The molecule has 0 bridgehead atoms. The first-order valence-corrected chi connectivity index (χ1v) is 9.06. The lowest BCUT2D eigenvalue weighted by Crippen LogP contribution is -2.16. The summed E-state index contributed by atoms with van der Waals surface area (Å²) in [4.78, 5) is 33.1. The van der Waals surface area contributed by atoms with Gasteiger partial charge in [-0.15, -0.1) is 0 Å². The normalized spacial score (nSPS) is 10.3. The van der Waals surface area contributed by atoms with Crippen LogP contribution in [0.1, 0.15) is 37.7 Å². The Morgan fingerprint density at radius 1 is 0.966 bits per heavy atom. The standard InChI is InChI=1S/C22H22N4O3/c1-13-7-5-10-18(15(13)3)25-22-23-14(2)11-19(26-22)20(27)24-17-9-6-8-16(12-17)21(28)29-4/h5-12H,1-4H3,(H,24,27)(H,23,25,26). The van der Waals surface area contributed by atoms with E-state index in [1.807, 2.05) is 32.0 Å². The van der Waals surface area contributed by atoms with Gasteiger partial charge in [-0.1, -0.05) is 18.2 Å². The molecule has 148 valence electrons. The average molecular weight is 390 g/mol. The fraction of sp³-hybridized carbons (Fsp3) is 0.182. The summed E-state index contributed by atoms with van der Waals surface area (Å²) in [6, 6.07) is 14.0. The predicted octanol–water partition coefficient (Wildman–Crippen LogP) is 4.18. The Morgan fingerprint density at radius 3 is 2.48 bits per heavy atom. The van der Waals surface area contributed by atoms with E-state index < -0.39 is 11.9 Å². The largest absolute Gasteiger partial charge is 0.465 e. The van der Waals surface area contributed by atoms with Crippen molar-refractivity contribution in [2.75, 3.05) is 17.7 Å². The summed E-state index contributed by atoms with van der Waals surface area (Å²) in [5.74, 6) is -0.535. The number of carbonyl (C=O) groups excluding carboxylic acids is 2. The van der Waals surface area contributed by atoms with E-state index in [4.69, 9.17) is 4.74 Å². The van der Waals surface area contributed by atoms with Gasteiger partial charge in [0.1, 0.15) is 5.69 Å². The highest BCUT2D eigenvalue weighted by Gasteiger charge is 2.13. The number of ether oxygens (including phenoxy) is 1. The maximum absolute atomic E-state index is 12.7. The van der Waals surface area contributed by atoms with Gasteiger partial charge in [0, 0.05) is 17.1 Å². The van der Waals surface area contributed by atoms with Gasteiger partial charge in [-0.3, -0.25) is 4.79 Å². The summed E-state index contributed by atoms with van der Waals surface area (Å²) in [5.41, 5.74) is 4.80. The van der Waals surface area contributed by atoms with Crippen LogP contribution in [0.3, 0.4) is 0 Å². The van der Waals surface area contributed by atoms with E-state index in [1.165, 1.54) is 7.11 Å². The highest BCUT2D eigenvalue weighted by Crippen LogP contribution is 2.21. The Kier molecular flexibility index (Phi) is 5.87. The minimum Gasteiger partial charge on any atom is -0.465 e. The molecule has 0 unspecified atom stereocenters. The lowest BCUT2D eigenvalue weighted by molar-refractivity contribution is 0.0600. The van der Waals surface area contributed by atoms with E-state index in [9.17, 15) is 9.59 Å². The number of rotatable bonds is 5. The molecular formula is C22H22N4O3. The van der Waals surface area contributed by atoms with Crippen LogP contribution < -0.4 is 10.6 Å². The molecule has 1 heterocycles. The molecule has 0 saturated heterocycles. The number of methoxy groups -OCH3 is 1. The van der Waals surface area contributed by atoms with Crippen molar-refractivity contribution in [3.8, 4) is 0 Å². The van der Waals surface area contributed by atoms with Gasteiger partial charge in [-0.25, -0.2) is 14.8 Å². The molecule has 0 aliphatic heterocycles. The first-order chi connectivity index (χ1) is 13.9. The zero-order valence-electron chi connectivity index (χ0n) is 16.7. The molecule has 2 N–H and O–H groups in total. The summed E-state index contributed by atoms with van der Waals surface area (Å²) in [6.45, 7) is 5.83. The predicted molar refractivity (Wildman–Crippen MR) is 112 cm³/mol. The smallest absolute Gasteiger partial charge is 0.337 e. The molecule has 0 atom stereocenters. The Hall–Kier alpha value is -3.74. The number of nitrogens with one attached hydrogen (secondary N) is 2. The minimum absolute atomic E-state index is 0.216. The zero-order chi connectivity index (χ0) is 21.0. The molecule has 3 rings (SSSR count).